The van der Waals surface area contributed by atoms with E-state index in [2.05, 4.69) is 56.9 Å². The number of carbonyl (C=O) groups is 3. The van der Waals surface area contributed by atoms with Gasteiger partial charge < -0.3 is 43.8 Å². The maximum atomic E-state index is 14.6. The van der Waals surface area contributed by atoms with E-state index in [1.165, 1.54) is 7.11 Å². The van der Waals surface area contributed by atoms with Crippen molar-refractivity contribution in [3.05, 3.63) is 89.9 Å². The van der Waals surface area contributed by atoms with Crippen LogP contribution >= 0.6 is 0 Å². The fourth-order valence-corrected chi connectivity index (χ4v) is 9.98. The Bertz CT molecular complexity index is 2330. The number of aliphatic imine (C=N–C) groups is 1. The summed E-state index contributed by atoms with van der Waals surface area (Å²) in [5.74, 6) is 1.74. The van der Waals surface area contributed by atoms with Crippen LogP contribution in [0.2, 0.25) is 0 Å². The van der Waals surface area contributed by atoms with Gasteiger partial charge in [-0.15, -0.1) is 0 Å². The molecule has 5 heterocycles. The summed E-state index contributed by atoms with van der Waals surface area (Å²) in [6, 6.07) is 21.1. The van der Waals surface area contributed by atoms with Crippen molar-refractivity contribution in [2.24, 2.45) is 10.9 Å². The Morgan fingerprint density at radius 2 is 1.40 bits per heavy atom. The minimum Gasteiger partial charge on any atom is -0.487 e. The molecule has 8 rings (SSSR count). The van der Waals surface area contributed by atoms with Crippen molar-refractivity contribution >= 4 is 23.6 Å². The number of amides is 3. The lowest BCUT2D eigenvalue weighted by molar-refractivity contribution is -0.138. The molecule has 4 aromatic rings. The predicted molar refractivity (Wildman–Crippen MR) is 255 cm³/mol. The minimum absolute atomic E-state index is 0.111. The third-order valence-corrected chi connectivity index (χ3v) is 13.4. The van der Waals surface area contributed by atoms with Gasteiger partial charge in [-0.05, 0) is 86.4 Å². The predicted octanol–water partition coefficient (Wildman–Crippen LogP) is 6.38. The maximum Gasteiger partial charge on any atom is 0.407 e. The third kappa shape index (κ3) is 10.7. The number of alkyl carbamates (subject to hydrolysis) is 1. The van der Waals surface area contributed by atoms with Gasteiger partial charge >= 0.3 is 6.09 Å². The first-order valence-corrected chi connectivity index (χ1v) is 23.8. The fraction of sp³-hybridized carbons (Fsp3) is 0.510. The molecule has 0 radical (unpaired) electrons. The molecule has 67 heavy (non-hydrogen) atoms. The number of likely N-dealkylation sites (tertiary alicyclic amines) is 3. The Hall–Kier alpha value is -5.81. The van der Waals surface area contributed by atoms with Crippen LogP contribution in [0.5, 0.6) is 11.5 Å². The lowest BCUT2D eigenvalue weighted by Crippen LogP contribution is -2.55. The Balaban J connectivity index is 1.05. The Morgan fingerprint density at radius 1 is 0.746 bits per heavy atom. The fourth-order valence-electron chi connectivity index (χ4n) is 9.98. The molecule has 3 amide bonds. The minimum atomic E-state index is -0.691. The molecule has 4 aliphatic rings. The monoisotopic (exact) mass is 919 g/mol. The van der Waals surface area contributed by atoms with E-state index in [1.807, 2.05) is 60.2 Å². The number of hydrogen-bond acceptors (Lipinski definition) is 12. The largest absolute Gasteiger partial charge is 0.487 e. The standard InChI is InChI=1S/C51H66N8O8/c1-33(2)43(56-51(62)65-5)49(60)58-25-11-15-41(58)47-52-31-39(54-47)35-19-17-34(18-20-35)37-21-22-38(46(67-30-28-64-4)45(37)66-29-27-63-3)40-32-53-48(55-40)42-16-12-26-59(42)50(61)44(57-23-9-10-24-57)36-13-7-6-8-14-36/h6-8,13-14,17-22,32-33,41-44,47,52H,9-12,15-16,23-31H2,1-5H3,(H,53,55)(H,56,62). The van der Waals surface area contributed by atoms with E-state index in [0.717, 1.165) is 96.7 Å². The topological polar surface area (TPSA) is 172 Å². The molecule has 16 nitrogen and oxygen atoms in total. The van der Waals surface area contributed by atoms with Crippen LogP contribution in [0, 0.1) is 5.92 Å². The van der Waals surface area contributed by atoms with E-state index in [1.54, 1.807) is 14.2 Å². The number of H-pyrrole nitrogens is 1. The number of hydrogen-bond donors (Lipinski definition) is 3. The average molecular weight is 919 g/mol. The van der Waals surface area contributed by atoms with E-state index in [9.17, 15) is 14.4 Å². The van der Waals surface area contributed by atoms with E-state index in [4.69, 9.17) is 33.7 Å². The van der Waals surface area contributed by atoms with Crippen molar-refractivity contribution in [3.63, 3.8) is 0 Å². The van der Waals surface area contributed by atoms with E-state index < -0.39 is 12.1 Å². The molecule has 16 heteroatoms. The number of rotatable bonds is 19. The van der Waals surface area contributed by atoms with Crippen LogP contribution in [0.25, 0.3) is 22.4 Å². The Morgan fingerprint density at radius 3 is 2.09 bits per heavy atom. The van der Waals surface area contributed by atoms with Crippen LogP contribution in [0.1, 0.15) is 81.4 Å². The maximum absolute atomic E-state index is 14.6. The molecule has 3 saturated heterocycles. The van der Waals surface area contributed by atoms with Gasteiger partial charge in [-0.3, -0.25) is 24.8 Å². The van der Waals surface area contributed by atoms with Gasteiger partial charge in [0.15, 0.2) is 11.5 Å². The number of nitrogens with zero attached hydrogens (tertiary/aromatic N) is 5. The van der Waals surface area contributed by atoms with Crippen LogP contribution in [0.4, 0.5) is 4.79 Å². The highest BCUT2D eigenvalue weighted by molar-refractivity contribution is 6.03. The molecule has 5 unspecified atom stereocenters. The van der Waals surface area contributed by atoms with Gasteiger partial charge in [-0.1, -0.05) is 68.4 Å². The molecule has 0 aliphatic carbocycles. The summed E-state index contributed by atoms with van der Waals surface area (Å²) in [6.07, 6.45) is 6.50. The number of nitrogens with one attached hydrogen (secondary N) is 3. The van der Waals surface area contributed by atoms with E-state index in [0.29, 0.717) is 51.0 Å². The molecule has 358 valence electrons. The molecule has 3 fully saturated rings. The van der Waals surface area contributed by atoms with Crippen molar-refractivity contribution in [3.8, 4) is 33.9 Å². The van der Waals surface area contributed by atoms with Crippen LogP contribution in [0.15, 0.2) is 77.9 Å². The van der Waals surface area contributed by atoms with Crippen LogP contribution < -0.4 is 20.1 Å². The summed E-state index contributed by atoms with van der Waals surface area (Å²) in [5.41, 5.74) is 6.19. The summed E-state index contributed by atoms with van der Waals surface area (Å²) in [7, 11) is 4.58. The Labute approximate surface area is 393 Å². The Kier molecular flexibility index (Phi) is 15.9. The first-order chi connectivity index (χ1) is 32.7. The quantitative estimate of drug-likeness (QED) is 0.0892. The molecule has 1 aromatic heterocycles. The summed E-state index contributed by atoms with van der Waals surface area (Å²) >= 11 is 0. The van der Waals surface area contributed by atoms with Crippen LogP contribution in [-0.4, -0.2) is 147 Å². The van der Waals surface area contributed by atoms with Crippen molar-refractivity contribution < 1.29 is 38.1 Å². The average Bonchev–Trinajstić information content (AvgIpc) is 4.21. The number of methoxy groups -OCH3 is 3. The summed E-state index contributed by atoms with van der Waals surface area (Å²) < 4.78 is 28.7. The van der Waals surface area contributed by atoms with Gasteiger partial charge in [0.25, 0.3) is 0 Å². The summed E-state index contributed by atoms with van der Waals surface area (Å²) in [5, 5.41) is 6.27. The highest BCUT2D eigenvalue weighted by atomic mass is 16.6. The van der Waals surface area contributed by atoms with Gasteiger partial charge in [0, 0.05) is 45.0 Å². The third-order valence-electron chi connectivity index (χ3n) is 13.4. The highest BCUT2D eigenvalue weighted by Gasteiger charge is 2.41. The number of imidazole rings is 1. The number of aromatic amines is 1. The molecule has 3 aromatic carbocycles. The van der Waals surface area contributed by atoms with Gasteiger partial charge in [0.05, 0.1) is 50.0 Å². The van der Waals surface area contributed by atoms with E-state index >= 15 is 0 Å². The number of aromatic nitrogens is 2. The van der Waals surface area contributed by atoms with Gasteiger partial charge in [-0.2, -0.15) is 0 Å². The van der Waals surface area contributed by atoms with Gasteiger partial charge in [0.1, 0.15) is 37.3 Å². The van der Waals surface area contributed by atoms with Crippen molar-refractivity contribution in [2.45, 2.75) is 82.7 Å². The van der Waals surface area contributed by atoms with Crippen LogP contribution in [0.3, 0.4) is 0 Å². The van der Waals surface area contributed by atoms with Gasteiger partial charge in [-0.25, -0.2) is 9.78 Å². The first-order valence-electron chi connectivity index (χ1n) is 23.8. The molecule has 0 saturated carbocycles. The van der Waals surface area contributed by atoms with E-state index in [-0.39, 0.29) is 48.6 Å². The highest BCUT2D eigenvalue weighted by Crippen LogP contribution is 2.46. The molecule has 3 N–H and O–H groups in total. The molecule has 5 atom stereocenters. The number of benzene rings is 3. The first kappa shape index (κ1) is 47.7. The van der Waals surface area contributed by atoms with Crippen molar-refractivity contribution in [1.29, 1.82) is 0 Å². The lowest BCUT2D eigenvalue weighted by Gasteiger charge is -2.33. The van der Waals surface area contributed by atoms with Crippen molar-refractivity contribution in [2.75, 3.05) is 80.5 Å². The molecule has 0 spiro atoms. The van der Waals surface area contributed by atoms with Gasteiger partial charge in [0.2, 0.25) is 11.8 Å². The zero-order valence-electron chi connectivity index (χ0n) is 39.5. The van der Waals surface area contributed by atoms with Crippen molar-refractivity contribution in [1.82, 2.24) is 35.3 Å². The second kappa shape index (κ2) is 22.3. The number of ether oxygens (including phenoxy) is 5. The second-order valence-electron chi connectivity index (χ2n) is 18.0. The zero-order valence-corrected chi connectivity index (χ0v) is 39.5. The van der Waals surface area contributed by atoms with Crippen LogP contribution in [-0.2, 0) is 23.8 Å². The number of carbonyl (C=O) groups excluding carboxylic acids is 3. The smallest absolute Gasteiger partial charge is 0.407 e. The normalized spacial score (nSPS) is 20.6. The summed E-state index contributed by atoms with van der Waals surface area (Å²) in [4.78, 5) is 60.2. The SMILES string of the molecule is COCCOc1c(-c2ccc(C3=NC(C4CCCN4C(=O)C(NC(=O)OC)C(C)C)NC3)cc2)ccc(-c2cnc(C3CCCN3C(=O)C(c3ccccc3)N3CCCC3)[nH]2)c1OCCOC. The lowest BCUT2D eigenvalue weighted by atomic mass is 9.98. The summed E-state index contributed by atoms with van der Waals surface area (Å²) in [6.45, 7) is 8.80. The molecular formula is C51H66N8O8. The molecule has 0 bridgehead atoms. The second-order valence-corrected chi connectivity index (χ2v) is 18.0. The molecular weight excluding hydrogens is 853 g/mol. The zero-order chi connectivity index (χ0) is 46.9. The molecule has 4 aliphatic heterocycles.